The Morgan fingerprint density at radius 3 is 2.38 bits per heavy atom. The minimum atomic E-state index is -1.30. The van der Waals surface area contributed by atoms with Crippen molar-refractivity contribution in [2.45, 2.75) is 37.4 Å². The number of phenolic OH excluding ortho intramolecular Hbond substituents is 3. The van der Waals surface area contributed by atoms with E-state index in [0.29, 0.717) is 30.5 Å². The number of aromatic hydroxyl groups is 3. The van der Waals surface area contributed by atoms with Crippen LogP contribution in [0.25, 0.3) is 0 Å². The molecule has 3 rings (SSSR count). The highest BCUT2D eigenvalue weighted by Crippen LogP contribution is 2.26. The fourth-order valence-corrected chi connectivity index (χ4v) is 3.71. The van der Waals surface area contributed by atoms with Crippen LogP contribution in [0.4, 0.5) is 0 Å². The summed E-state index contributed by atoms with van der Waals surface area (Å²) in [6.45, 7) is 0.312. The number of nitrogens with one attached hydrogen (secondary N) is 1. The van der Waals surface area contributed by atoms with Crippen molar-refractivity contribution in [1.29, 1.82) is 0 Å². The van der Waals surface area contributed by atoms with Gasteiger partial charge in [-0.25, -0.2) is 4.79 Å². The Hall–Kier alpha value is -3.79. The molecule has 0 bridgehead atoms. The van der Waals surface area contributed by atoms with E-state index in [1.807, 2.05) is 0 Å². The SMILES string of the molecule is N[C@@H](C(=O)N1CCC[C@H]1C(=O)N[C@@H](Cc1ccc(O)c(O)c1)C(=O)O)c1ccc(O)cc1. The first-order valence-corrected chi connectivity index (χ1v) is 10.1. The molecule has 1 heterocycles. The number of carboxylic acids is 1. The number of rotatable bonds is 7. The number of carboxylic acid groups (broad SMARTS) is 1. The lowest BCUT2D eigenvalue weighted by atomic mass is 10.0. The molecule has 10 nitrogen and oxygen atoms in total. The summed E-state index contributed by atoms with van der Waals surface area (Å²) in [5.74, 6) is -3.05. The lowest BCUT2D eigenvalue weighted by Gasteiger charge is -2.28. The predicted octanol–water partition coefficient (Wildman–Crippen LogP) is 0.606. The highest BCUT2D eigenvalue weighted by molar-refractivity contribution is 5.92. The third kappa shape index (κ3) is 5.09. The van der Waals surface area contributed by atoms with Gasteiger partial charge >= 0.3 is 5.97 Å². The van der Waals surface area contributed by atoms with Crippen molar-refractivity contribution >= 4 is 17.8 Å². The molecule has 2 amide bonds. The fraction of sp³-hybridized carbons (Fsp3) is 0.318. The summed E-state index contributed by atoms with van der Waals surface area (Å²) >= 11 is 0. The van der Waals surface area contributed by atoms with Gasteiger partial charge in [0, 0.05) is 13.0 Å². The number of aliphatic carboxylic acids is 1. The number of likely N-dealkylation sites (tertiary alicyclic amines) is 1. The molecular formula is C22H25N3O7. The van der Waals surface area contributed by atoms with Gasteiger partial charge in [0.15, 0.2) is 11.5 Å². The number of nitrogens with two attached hydrogens (primary N) is 1. The van der Waals surface area contributed by atoms with Crippen LogP contribution >= 0.6 is 0 Å². The molecular weight excluding hydrogens is 418 g/mol. The van der Waals surface area contributed by atoms with Crippen LogP contribution in [0, 0.1) is 0 Å². The first-order chi connectivity index (χ1) is 15.2. The summed E-state index contributed by atoms with van der Waals surface area (Å²) in [5.41, 5.74) is 6.95. The normalized spacial score (nSPS) is 17.5. The van der Waals surface area contributed by atoms with E-state index in [9.17, 15) is 34.8 Å². The average molecular weight is 443 g/mol. The third-order valence-electron chi connectivity index (χ3n) is 5.45. The Balaban J connectivity index is 1.70. The predicted molar refractivity (Wildman–Crippen MR) is 113 cm³/mol. The Labute approximate surface area is 183 Å². The molecule has 0 saturated carbocycles. The van der Waals surface area contributed by atoms with Crippen LogP contribution in [0.2, 0.25) is 0 Å². The fourth-order valence-electron chi connectivity index (χ4n) is 3.71. The Morgan fingerprint density at radius 2 is 1.75 bits per heavy atom. The van der Waals surface area contributed by atoms with Crippen LogP contribution in [0.1, 0.15) is 30.0 Å². The summed E-state index contributed by atoms with van der Waals surface area (Å²) in [4.78, 5) is 38.8. The molecule has 0 unspecified atom stereocenters. The number of amides is 2. The highest BCUT2D eigenvalue weighted by atomic mass is 16.4. The lowest BCUT2D eigenvalue weighted by molar-refractivity contribution is -0.144. The summed E-state index contributed by atoms with van der Waals surface area (Å²) in [6, 6.07) is 6.58. The molecule has 3 atom stereocenters. The molecule has 1 aliphatic heterocycles. The van der Waals surface area contributed by atoms with E-state index in [2.05, 4.69) is 5.32 Å². The largest absolute Gasteiger partial charge is 0.508 e. The number of carbonyl (C=O) groups excluding carboxylic acids is 2. The second-order valence-corrected chi connectivity index (χ2v) is 7.69. The van der Waals surface area contributed by atoms with E-state index >= 15 is 0 Å². The monoisotopic (exact) mass is 443 g/mol. The number of benzene rings is 2. The molecule has 2 aromatic rings. The number of carbonyl (C=O) groups is 3. The first kappa shape index (κ1) is 22.9. The van der Waals surface area contributed by atoms with Crippen molar-refractivity contribution in [3.8, 4) is 17.2 Å². The molecule has 0 radical (unpaired) electrons. The van der Waals surface area contributed by atoms with Gasteiger partial charge in [-0.1, -0.05) is 18.2 Å². The zero-order valence-corrected chi connectivity index (χ0v) is 17.1. The minimum Gasteiger partial charge on any atom is -0.508 e. The van der Waals surface area contributed by atoms with E-state index in [-0.39, 0.29) is 17.9 Å². The second kappa shape index (κ2) is 9.56. The number of nitrogens with zero attached hydrogens (tertiary/aromatic N) is 1. The van der Waals surface area contributed by atoms with E-state index < -0.39 is 41.7 Å². The molecule has 0 aliphatic carbocycles. The Kier molecular flexibility index (Phi) is 6.84. The van der Waals surface area contributed by atoms with Gasteiger partial charge < -0.3 is 36.4 Å². The molecule has 1 aliphatic rings. The van der Waals surface area contributed by atoms with Crippen LogP contribution in [0.15, 0.2) is 42.5 Å². The van der Waals surface area contributed by atoms with Crippen LogP contribution in [-0.2, 0) is 20.8 Å². The number of phenols is 3. The maximum atomic E-state index is 12.9. The van der Waals surface area contributed by atoms with Gasteiger partial charge in [-0.3, -0.25) is 9.59 Å². The van der Waals surface area contributed by atoms with Crippen LogP contribution in [0.3, 0.4) is 0 Å². The third-order valence-corrected chi connectivity index (χ3v) is 5.45. The van der Waals surface area contributed by atoms with Crippen molar-refractivity contribution in [3.05, 3.63) is 53.6 Å². The zero-order valence-electron chi connectivity index (χ0n) is 17.1. The van der Waals surface area contributed by atoms with Crippen LogP contribution < -0.4 is 11.1 Å². The Morgan fingerprint density at radius 1 is 1.06 bits per heavy atom. The molecule has 10 heteroatoms. The van der Waals surface area contributed by atoms with Gasteiger partial charge in [-0.15, -0.1) is 0 Å². The maximum absolute atomic E-state index is 12.9. The molecule has 0 aromatic heterocycles. The van der Waals surface area contributed by atoms with Gasteiger partial charge in [0.05, 0.1) is 0 Å². The first-order valence-electron chi connectivity index (χ1n) is 10.1. The van der Waals surface area contributed by atoms with Gasteiger partial charge in [-0.2, -0.15) is 0 Å². The molecule has 32 heavy (non-hydrogen) atoms. The van der Waals surface area contributed by atoms with Gasteiger partial charge in [-0.05, 0) is 48.2 Å². The number of hydrogen-bond acceptors (Lipinski definition) is 7. The molecule has 170 valence electrons. The van der Waals surface area contributed by atoms with Crippen molar-refractivity contribution in [3.63, 3.8) is 0 Å². The van der Waals surface area contributed by atoms with Crippen LogP contribution in [-0.4, -0.2) is 61.7 Å². The van der Waals surface area contributed by atoms with Crippen LogP contribution in [0.5, 0.6) is 17.2 Å². The maximum Gasteiger partial charge on any atom is 0.326 e. The molecule has 1 fully saturated rings. The Bertz CT molecular complexity index is 1010. The topological polar surface area (TPSA) is 173 Å². The zero-order chi connectivity index (χ0) is 23.4. The van der Waals surface area contributed by atoms with Gasteiger partial charge in [0.25, 0.3) is 0 Å². The molecule has 7 N–H and O–H groups in total. The summed E-state index contributed by atoms with van der Waals surface area (Å²) < 4.78 is 0. The average Bonchev–Trinajstić information content (AvgIpc) is 3.25. The summed E-state index contributed by atoms with van der Waals surface area (Å²) in [6.07, 6.45) is 0.810. The minimum absolute atomic E-state index is 0.0356. The molecule has 2 aromatic carbocycles. The van der Waals surface area contributed by atoms with Crippen molar-refractivity contribution in [2.75, 3.05) is 6.54 Å². The standard InChI is InChI=1S/C22H25N3O7/c23-19(13-4-6-14(26)7-5-13)21(30)25-9-1-2-16(25)20(29)24-15(22(31)32)10-12-3-8-17(27)18(28)11-12/h3-8,11,15-16,19,26-28H,1-2,9-10,23H2,(H,24,29)(H,31,32)/t15-,16-,19+/m0/s1. The van der Waals surface area contributed by atoms with E-state index in [1.54, 1.807) is 0 Å². The molecule has 0 spiro atoms. The smallest absolute Gasteiger partial charge is 0.326 e. The molecule has 1 saturated heterocycles. The van der Waals surface area contributed by atoms with E-state index in [0.717, 1.165) is 0 Å². The summed E-state index contributed by atoms with van der Waals surface area (Å²) in [5, 5.41) is 40.4. The van der Waals surface area contributed by atoms with Crippen molar-refractivity contribution in [1.82, 2.24) is 10.2 Å². The lowest BCUT2D eigenvalue weighted by Crippen LogP contribution is -2.52. The summed E-state index contributed by atoms with van der Waals surface area (Å²) in [7, 11) is 0. The second-order valence-electron chi connectivity index (χ2n) is 7.69. The van der Waals surface area contributed by atoms with E-state index in [1.165, 1.54) is 47.4 Å². The van der Waals surface area contributed by atoms with E-state index in [4.69, 9.17) is 5.73 Å². The van der Waals surface area contributed by atoms with Gasteiger partial charge in [0.1, 0.15) is 23.9 Å². The number of hydrogen-bond donors (Lipinski definition) is 6. The van der Waals surface area contributed by atoms with Crippen molar-refractivity contribution in [2.24, 2.45) is 5.73 Å². The quantitative estimate of drug-likeness (QED) is 0.338. The van der Waals surface area contributed by atoms with Gasteiger partial charge in [0.2, 0.25) is 11.8 Å². The van der Waals surface area contributed by atoms with Crippen molar-refractivity contribution < 1.29 is 34.8 Å². The highest BCUT2D eigenvalue weighted by Gasteiger charge is 2.38.